The van der Waals surface area contributed by atoms with Gasteiger partial charge in [-0.3, -0.25) is 4.79 Å². The molecule has 1 N–H and O–H groups in total. The maximum Gasteiger partial charge on any atom is 0.227 e. The summed E-state index contributed by atoms with van der Waals surface area (Å²) in [6, 6.07) is 8.13. The summed E-state index contributed by atoms with van der Waals surface area (Å²) < 4.78 is 5.61. The molecule has 0 aromatic heterocycles. The van der Waals surface area contributed by atoms with E-state index in [2.05, 4.69) is 11.4 Å². The Labute approximate surface area is 114 Å². The second kappa shape index (κ2) is 6.68. The van der Waals surface area contributed by atoms with Gasteiger partial charge in [0.15, 0.2) is 0 Å². The number of likely N-dealkylation sites (N-methyl/N-ethyl adjacent to an activating group) is 1. The van der Waals surface area contributed by atoms with Crippen molar-refractivity contribution < 1.29 is 9.53 Å². The van der Waals surface area contributed by atoms with Gasteiger partial charge in [0, 0.05) is 19.6 Å². The first-order chi connectivity index (χ1) is 9.19. The highest BCUT2D eigenvalue weighted by molar-refractivity contribution is 5.79. The van der Waals surface area contributed by atoms with E-state index in [1.54, 1.807) is 0 Å². The van der Waals surface area contributed by atoms with Crippen LogP contribution in [0, 0.1) is 6.92 Å². The molecule has 1 aromatic carbocycles. The van der Waals surface area contributed by atoms with Crippen molar-refractivity contribution in [3.63, 3.8) is 0 Å². The Balaban J connectivity index is 1.92. The van der Waals surface area contributed by atoms with Crippen molar-refractivity contribution in [3.05, 3.63) is 35.4 Å². The normalized spacial score (nSPS) is 19.5. The smallest absolute Gasteiger partial charge is 0.227 e. The third-order valence-corrected chi connectivity index (χ3v) is 3.36. The number of nitrogens with zero attached hydrogens (tertiary/aromatic N) is 1. The number of carbonyl (C=O) groups excluding carboxylic acids is 1. The number of nitrogens with one attached hydrogen (secondary N) is 1. The number of benzene rings is 1. The van der Waals surface area contributed by atoms with E-state index >= 15 is 0 Å². The van der Waals surface area contributed by atoms with Crippen molar-refractivity contribution in [2.45, 2.75) is 19.4 Å². The molecule has 1 fully saturated rings. The van der Waals surface area contributed by atoms with E-state index in [0.717, 1.165) is 12.1 Å². The van der Waals surface area contributed by atoms with E-state index in [9.17, 15) is 4.79 Å². The van der Waals surface area contributed by atoms with Gasteiger partial charge >= 0.3 is 0 Å². The Bertz CT molecular complexity index is 432. The van der Waals surface area contributed by atoms with E-state index < -0.39 is 0 Å². The zero-order valence-electron chi connectivity index (χ0n) is 11.7. The largest absolute Gasteiger partial charge is 0.373 e. The van der Waals surface area contributed by atoms with Crippen LogP contribution in [0.3, 0.4) is 0 Å². The predicted octanol–water partition coefficient (Wildman–Crippen LogP) is 0.984. The molecule has 4 nitrogen and oxygen atoms in total. The van der Waals surface area contributed by atoms with Gasteiger partial charge < -0.3 is 15.0 Å². The lowest BCUT2D eigenvalue weighted by Crippen LogP contribution is -2.49. The van der Waals surface area contributed by atoms with Crippen LogP contribution in [0.15, 0.2) is 24.3 Å². The van der Waals surface area contributed by atoms with E-state index in [1.165, 1.54) is 5.56 Å². The summed E-state index contributed by atoms with van der Waals surface area (Å²) in [5.74, 6) is 0.190. The molecular formula is C15H22N2O2. The first-order valence-corrected chi connectivity index (χ1v) is 6.78. The highest BCUT2D eigenvalue weighted by atomic mass is 16.5. The van der Waals surface area contributed by atoms with E-state index in [1.807, 2.05) is 37.1 Å². The van der Waals surface area contributed by atoms with E-state index in [-0.39, 0.29) is 12.0 Å². The van der Waals surface area contributed by atoms with Crippen molar-refractivity contribution in [1.82, 2.24) is 10.2 Å². The standard InChI is InChI=1S/C15H22N2O2/c1-12-4-3-5-13(8-12)9-15(18)17-6-7-19-14(11-17)10-16-2/h3-5,8,14,16H,6-7,9-11H2,1-2H3. The molecule has 1 aliphatic heterocycles. The summed E-state index contributed by atoms with van der Waals surface area (Å²) in [5, 5.41) is 3.09. The number of aryl methyl sites for hydroxylation is 1. The topological polar surface area (TPSA) is 41.6 Å². The quantitative estimate of drug-likeness (QED) is 0.879. The molecule has 1 unspecified atom stereocenters. The average Bonchev–Trinajstić information content (AvgIpc) is 2.39. The molecule has 19 heavy (non-hydrogen) atoms. The molecule has 1 amide bonds. The van der Waals surface area contributed by atoms with Gasteiger partial charge in [0.2, 0.25) is 5.91 Å². The number of morpholine rings is 1. The Morgan fingerprint density at radius 3 is 3.11 bits per heavy atom. The van der Waals surface area contributed by atoms with Gasteiger partial charge in [-0.2, -0.15) is 0 Å². The molecule has 0 spiro atoms. The third-order valence-electron chi connectivity index (χ3n) is 3.36. The van der Waals surface area contributed by atoms with E-state index in [0.29, 0.717) is 26.1 Å². The predicted molar refractivity (Wildman–Crippen MR) is 75.1 cm³/mol. The van der Waals surface area contributed by atoms with Crippen LogP contribution in [0.4, 0.5) is 0 Å². The van der Waals surface area contributed by atoms with Gasteiger partial charge in [0.1, 0.15) is 0 Å². The second-order valence-corrected chi connectivity index (χ2v) is 5.06. The molecular weight excluding hydrogens is 240 g/mol. The summed E-state index contributed by atoms with van der Waals surface area (Å²) in [4.78, 5) is 14.2. The molecule has 0 bridgehead atoms. The van der Waals surface area contributed by atoms with Crippen LogP contribution in [0.5, 0.6) is 0 Å². The Morgan fingerprint density at radius 2 is 2.37 bits per heavy atom. The van der Waals surface area contributed by atoms with Crippen LogP contribution < -0.4 is 5.32 Å². The second-order valence-electron chi connectivity index (χ2n) is 5.06. The fourth-order valence-electron chi connectivity index (χ4n) is 2.41. The van der Waals surface area contributed by atoms with Crippen LogP contribution in [-0.4, -0.2) is 50.2 Å². The lowest BCUT2D eigenvalue weighted by molar-refractivity contribution is -0.137. The highest BCUT2D eigenvalue weighted by Gasteiger charge is 2.23. The van der Waals surface area contributed by atoms with Gasteiger partial charge in [-0.25, -0.2) is 0 Å². The molecule has 1 atom stereocenters. The monoisotopic (exact) mass is 262 g/mol. The number of rotatable bonds is 4. The van der Waals surface area contributed by atoms with E-state index in [4.69, 9.17) is 4.74 Å². The Hall–Kier alpha value is -1.39. The minimum absolute atomic E-state index is 0.111. The summed E-state index contributed by atoms with van der Waals surface area (Å²) in [6.07, 6.45) is 0.591. The molecule has 1 aliphatic rings. The highest BCUT2D eigenvalue weighted by Crippen LogP contribution is 2.10. The maximum atomic E-state index is 12.3. The zero-order valence-corrected chi connectivity index (χ0v) is 11.7. The molecule has 104 valence electrons. The number of carbonyl (C=O) groups is 1. The summed E-state index contributed by atoms with van der Waals surface area (Å²) >= 11 is 0. The van der Waals surface area contributed by atoms with Gasteiger partial charge in [-0.15, -0.1) is 0 Å². The van der Waals surface area contributed by atoms with Gasteiger partial charge in [-0.1, -0.05) is 29.8 Å². The van der Waals surface area contributed by atoms with Crippen molar-refractivity contribution >= 4 is 5.91 Å². The third kappa shape index (κ3) is 4.04. The lowest BCUT2D eigenvalue weighted by atomic mass is 10.1. The molecule has 0 aliphatic carbocycles. The number of ether oxygens (including phenoxy) is 1. The minimum atomic E-state index is 0.111. The maximum absolute atomic E-state index is 12.3. The summed E-state index contributed by atoms with van der Waals surface area (Å²) in [6.45, 7) is 4.85. The molecule has 1 heterocycles. The van der Waals surface area contributed by atoms with Gasteiger partial charge in [0.05, 0.1) is 19.1 Å². The number of hydrogen-bond donors (Lipinski definition) is 1. The minimum Gasteiger partial charge on any atom is -0.373 e. The van der Waals surface area contributed by atoms with Crippen molar-refractivity contribution in [3.8, 4) is 0 Å². The first kappa shape index (κ1) is 14.0. The fraction of sp³-hybridized carbons (Fsp3) is 0.533. The Kier molecular flexibility index (Phi) is 4.93. The van der Waals surface area contributed by atoms with Crippen molar-refractivity contribution in [2.24, 2.45) is 0 Å². The van der Waals surface area contributed by atoms with Gasteiger partial charge in [-0.05, 0) is 19.5 Å². The van der Waals surface area contributed by atoms with Crippen LogP contribution in [-0.2, 0) is 16.0 Å². The van der Waals surface area contributed by atoms with Crippen LogP contribution in [0.1, 0.15) is 11.1 Å². The van der Waals surface area contributed by atoms with Crippen LogP contribution in [0.25, 0.3) is 0 Å². The number of hydrogen-bond acceptors (Lipinski definition) is 3. The summed E-state index contributed by atoms with van der Waals surface area (Å²) in [7, 11) is 1.90. The van der Waals surface area contributed by atoms with Crippen molar-refractivity contribution in [2.75, 3.05) is 33.3 Å². The fourth-order valence-corrected chi connectivity index (χ4v) is 2.41. The SMILES string of the molecule is CNCC1CN(C(=O)Cc2cccc(C)c2)CCO1. The molecule has 1 saturated heterocycles. The first-order valence-electron chi connectivity index (χ1n) is 6.78. The zero-order chi connectivity index (χ0) is 13.7. The van der Waals surface area contributed by atoms with Gasteiger partial charge in [0.25, 0.3) is 0 Å². The number of amides is 1. The van der Waals surface area contributed by atoms with Crippen molar-refractivity contribution in [1.29, 1.82) is 0 Å². The van der Waals surface area contributed by atoms with Crippen LogP contribution >= 0.6 is 0 Å². The summed E-state index contributed by atoms with van der Waals surface area (Å²) in [5.41, 5.74) is 2.28. The lowest BCUT2D eigenvalue weighted by Gasteiger charge is -2.33. The molecule has 0 saturated carbocycles. The van der Waals surface area contributed by atoms with Crippen LogP contribution in [0.2, 0.25) is 0 Å². The molecule has 2 rings (SSSR count). The average molecular weight is 262 g/mol. The molecule has 0 radical (unpaired) electrons. The Morgan fingerprint density at radius 1 is 1.53 bits per heavy atom. The molecule has 1 aromatic rings. The molecule has 4 heteroatoms.